The average Bonchev–Trinajstić information content (AvgIpc) is 3.25. The summed E-state index contributed by atoms with van der Waals surface area (Å²) in [4.78, 5) is 18.0. The summed E-state index contributed by atoms with van der Waals surface area (Å²) in [7, 11) is 0. The molecule has 3 aromatic rings. The molecule has 156 valence electrons. The second kappa shape index (κ2) is 8.94. The summed E-state index contributed by atoms with van der Waals surface area (Å²) >= 11 is 0. The number of nitrogens with one attached hydrogen (secondary N) is 2. The van der Waals surface area contributed by atoms with Gasteiger partial charge in [0, 0.05) is 36.5 Å². The molecule has 0 radical (unpaired) electrons. The van der Waals surface area contributed by atoms with E-state index < -0.39 is 0 Å². The zero-order valence-electron chi connectivity index (χ0n) is 16.8. The van der Waals surface area contributed by atoms with Crippen LogP contribution in [0.5, 0.6) is 0 Å². The van der Waals surface area contributed by atoms with E-state index in [1.807, 2.05) is 19.1 Å². The summed E-state index contributed by atoms with van der Waals surface area (Å²) in [6.45, 7) is 3.52. The number of H-pyrrole nitrogens is 1. The lowest BCUT2D eigenvalue weighted by molar-refractivity contribution is 0.0983. The molecule has 0 bridgehead atoms. The predicted octanol–water partition coefficient (Wildman–Crippen LogP) is 4.31. The molecule has 0 unspecified atom stereocenters. The molecule has 7 nitrogen and oxygen atoms in total. The number of benzene rings is 1. The van der Waals surface area contributed by atoms with Gasteiger partial charge in [-0.1, -0.05) is 0 Å². The predicted molar refractivity (Wildman–Crippen MR) is 112 cm³/mol. The van der Waals surface area contributed by atoms with Crippen LogP contribution < -0.4 is 5.32 Å². The van der Waals surface area contributed by atoms with Gasteiger partial charge >= 0.3 is 6.09 Å². The fraction of sp³-hybridized carbons (Fsp3) is 0.318. The molecule has 30 heavy (non-hydrogen) atoms. The Morgan fingerprint density at radius 3 is 2.73 bits per heavy atom. The third kappa shape index (κ3) is 4.42. The maximum absolute atomic E-state index is 13.3. The van der Waals surface area contributed by atoms with Crippen molar-refractivity contribution in [2.75, 3.05) is 25.0 Å². The molecule has 0 saturated carbocycles. The van der Waals surface area contributed by atoms with E-state index in [1.165, 1.54) is 12.1 Å². The molecule has 0 spiro atoms. The van der Waals surface area contributed by atoms with Gasteiger partial charge in [-0.05, 0) is 61.7 Å². The first kappa shape index (κ1) is 19.9. The second-order valence-electron chi connectivity index (χ2n) is 7.20. The molecule has 2 aromatic heterocycles. The molecule has 8 heteroatoms. The van der Waals surface area contributed by atoms with Gasteiger partial charge in [0.1, 0.15) is 11.6 Å². The molecule has 0 aliphatic carbocycles. The van der Waals surface area contributed by atoms with Crippen molar-refractivity contribution in [2.45, 2.75) is 25.8 Å². The van der Waals surface area contributed by atoms with Crippen molar-refractivity contribution >= 4 is 11.9 Å². The fourth-order valence-corrected chi connectivity index (χ4v) is 3.65. The van der Waals surface area contributed by atoms with E-state index in [9.17, 15) is 9.18 Å². The number of pyridine rings is 1. The van der Waals surface area contributed by atoms with Crippen molar-refractivity contribution in [1.82, 2.24) is 20.1 Å². The first-order valence-electron chi connectivity index (χ1n) is 10.1. The highest BCUT2D eigenvalue weighted by Crippen LogP contribution is 2.31. The van der Waals surface area contributed by atoms with Crippen molar-refractivity contribution in [3.63, 3.8) is 0 Å². The Morgan fingerprint density at radius 1 is 1.23 bits per heavy atom. The minimum atomic E-state index is -0.274. The van der Waals surface area contributed by atoms with Crippen LogP contribution in [0, 0.1) is 5.82 Å². The van der Waals surface area contributed by atoms with E-state index >= 15 is 0 Å². The normalized spacial score (nSPS) is 14.5. The number of hydrogen-bond donors (Lipinski definition) is 2. The van der Waals surface area contributed by atoms with Crippen LogP contribution in [-0.4, -0.2) is 51.9 Å². The third-order valence-corrected chi connectivity index (χ3v) is 5.22. The van der Waals surface area contributed by atoms with Crippen LogP contribution in [0.2, 0.25) is 0 Å². The number of hydrogen-bond acceptors (Lipinski definition) is 5. The second-order valence-corrected chi connectivity index (χ2v) is 7.20. The van der Waals surface area contributed by atoms with Crippen molar-refractivity contribution in [3.8, 4) is 22.4 Å². The van der Waals surface area contributed by atoms with Gasteiger partial charge in [-0.25, -0.2) is 14.2 Å². The maximum Gasteiger partial charge on any atom is 0.409 e. The van der Waals surface area contributed by atoms with Crippen LogP contribution in [0.3, 0.4) is 0 Å². The molecule has 1 fully saturated rings. The monoisotopic (exact) mass is 409 g/mol. The number of aromatic nitrogens is 3. The Hall–Kier alpha value is -3.42. The summed E-state index contributed by atoms with van der Waals surface area (Å²) < 4.78 is 18.3. The molecule has 1 amide bonds. The summed E-state index contributed by atoms with van der Waals surface area (Å²) in [5, 5.41) is 10.6. The Balaban J connectivity index is 1.45. The topological polar surface area (TPSA) is 83.1 Å². The molecule has 1 aromatic carbocycles. The molecule has 1 aliphatic rings. The van der Waals surface area contributed by atoms with Crippen molar-refractivity contribution in [3.05, 3.63) is 54.6 Å². The van der Waals surface area contributed by atoms with E-state index in [2.05, 4.69) is 20.5 Å². The highest BCUT2D eigenvalue weighted by molar-refractivity contribution is 5.81. The van der Waals surface area contributed by atoms with E-state index in [0.717, 1.165) is 41.0 Å². The van der Waals surface area contributed by atoms with Gasteiger partial charge in [0.2, 0.25) is 0 Å². The molecule has 3 heterocycles. The summed E-state index contributed by atoms with van der Waals surface area (Å²) in [6, 6.07) is 10.5. The molecular formula is C22H24FN5O2. The van der Waals surface area contributed by atoms with Crippen molar-refractivity contribution in [2.24, 2.45) is 0 Å². The molecular weight excluding hydrogens is 385 g/mol. The fourth-order valence-electron chi connectivity index (χ4n) is 3.65. The van der Waals surface area contributed by atoms with Crippen molar-refractivity contribution < 1.29 is 13.9 Å². The number of rotatable bonds is 5. The standard InChI is InChI=1S/C22H24FN5O2/c1-2-30-22(29)28-11-8-18(9-12-28)26-20-13-16(7-10-24-20)19-14-25-27-21(19)15-3-5-17(23)6-4-15/h3-7,10,13-14,18H,2,8-9,11-12H2,1H3,(H,24,26)(H,25,27). The number of carbonyl (C=O) groups excluding carboxylic acids is 1. The van der Waals surface area contributed by atoms with Gasteiger partial charge < -0.3 is 15.0 Å². The molecule has 1 aliphatic heterocycles. The van der Waals surface area contributed by atoms with Crippen LogP contribution in [-0.2, 0) is 4.74 Å². The zero-order valence-corrected chi connectivity index (χ0v) is 16.8. The van der Waals surface area contributed by atoms with E-state index in [-0.39, 0.29) is 18.0 Å². The van der Waals surface area contributed by atoms with Crippen LogP contribution >= 0.6 is 0 Å². The first-order chi connectivity index (χ1) is 14.6. The van der Waals surface area contributed by atoms with E-state index in [4.69, 9.17) is 4.74 Å². The average molecular weight is 409 g/mol. The minimum absolute atomic E-state index is 0.236. The van der Waals surface area contributed by atoms with Crippen LogP contribution in [0.25, 0.3) is 22.4 Å². The number of ether oxygens (including phenoxy) is 1. The van der Waals surface area contributed by atoms with Crippen LogP contribution in [0.4, 0.5) is 15.0 Å². The lowest BCUT2D eigenvalue weighted by atomic mass is 10.0. The number of halogens is 1. The number of aromatic amines is 1. The molecule has 1 saturated heterocycles. The zero-order chi connectivity index (χ0) is 20.9. The number of anilines is 1. The van der Waals surface area contributed by atoms with Gasteiger partial charge in [0.25, 0.3) is 0 Å². The summed E-state index contributed by atoms with van der Waals surface area (Å²) in [6.07, 6.45) is 4.93. The van der Waals surface area contributed by atoms with E-state index in [1.54, 1.807) is 29.4 Å². The minimum Gasteiger partial charge on any atom is -0.450 e. The summed E-state index contributed by atoms with van der Waals surface area (Å²) in [5.41, 5.74) is 3.57. The third-order valence-electron chi connectivity index (χ3n) is 5.22. The largest absolute Gasteiger partial charge is 0.450 e. The lowest BCUT2D eigenvalue weighted by Crippen LogP contribution is -2.42. The van der Waals surface area contributed by atoms with Gasteiger partial charge in [0.15, 0.2) is 0 Å². The summed E-state index contributed by atoms with van der Waals surface area (Å²) in [5.74, 6) is 0.498. The number of amides is 1. The highest BCUT2D eigenvalue weighted by atomic mass is 19.1. The number of nitrogens with zero attached hydrogens (tertiary/aromatic N) is 3. The SMILES string of the molecule is CCOC(=O)N1CCC(Nc2cc(-c3cn[nH]c3-c3ccc(F)cc3)ccn2)CC1. The quantitative estimate of drug-likeness (QED) is 0.656. The van der Waals surface area contributed by atoms with E-state index in [0.29, 0.717) is 19.7 Å². The Kier molecular flexibility index (Phi) is 5.92. The van der Waals surface area contributed by atoms with Gasteiger partial charge in [-0.15, -0.1) is 0 Å². The maximum atomic E-state index is 13.3. The number of piperidine rings is 1. The molecule has 2 N–H and O–H groups in total. The smallest absolute Gasteiger partial charge is 0.409 e. The van der Waals surface area contributed by atoms with Gasteiger partial charge in [-0.2, -0.15) is 5.10 Å². The number of likely N-dealkylation sites (tertiary alicyclic amines) is 1. The molecule has 4 rings (SSSR count). The Morgan fingerprint density at radius 2 is 2.00 bits per heavy atom. The van der Waals surface area contributed by atoms with Gasteiger partial charge in [0.05, 0.1) is 18.5 Å². The van der Waals surface area contributed by atoms with Gasteiger partial charge in [-0.3, -0.25) is 5.10 Å². The highest BCUT2D eigenvalue weighted by Gasteiger charge is 2.23. The van der Waals surface area contributed by atoms with Crippen LogP contribution in [0.15, 0.2) is 48.8 Å². The Labute approximate surface area is 174 Å². The first-order valence-corrected chi connectivity index (χ1v) is 10.1. The Bertz CT molecular complexity index is 997. The number of carbonyl (C=O) groups is 1. The molecule has 0 atom stereocenters. The van der Waals surface area contributed by atoms with Crippen LogP contribution in [0.1, 0.15) is 19.8 Å². The van der Waals surface area contributed by atoms with Crippen molar-refractivity contribution in [1.29, 1.82) is 0 Å². The lowest BCUT2D eigenvalue weighted by Gasteiger charge is -2.31.